The zero-order valence-corrected chi connectivity index (χ0v) is 18.4. The standard InChI is InChI=1S/C28H21N3O3/c1-19(32)20-11-14-23(15-12-20)29-27(33)16-13-22-18-31(24-8-3-2-4-9-24)30-28(22)26-17-21-7-5-6-10-25(21)34-26/h2-18H,1H3,(H,29,33). The second-order valence-electron chi connectivity index (χ2n) is 7.82. The number of hydrogen-bond acceptors (Lipinski definition) is 4. The van der Waals surface area contributed by atoms with Gasteiger partial charge in [-0.25, -0.2) is 4.68 Å². The fourth-order valence-corrected chi connectivity index (χ4v) is 3.65. The highest BCUT2D eigenvalue weighted by atomic mass is 16.3. The molecular formula is C28H21N3O3. The van der Waals surface area contributed by atoms with E-state index in [1.54, 1.807) is 35.0 Å². The molecule has 34 heavy (non-hydrogen) atoms. The number of benzene rings is 3. The molecule has 0 saturated carbocycles. The number of carbonyl (C=O) groups excluding carboxylic acids is 2. The van der Waals surface area contributed by atoms with Crippen molar-refractivity contribution in [1.29, 1.82) is 0 Å². The van der Waals surface area contributed by atoms with Crippen molar-refractivity contribution in [1.82, 2.24) is 9.78 Å². The highest BCUT2D eigenvalue weighted by Gasteiger charge is 2.15. The molecule has 0 radical (unpaired) electrons. The number of ketones is 1. The van der Waals surface area contributed by atoms with Crippen LogP contribution < -0.4 is 5.32 Å². The molecule has 6 nitrogen and oxygen atoms in total. The van der Waals surface area contributed by atoms with E-state index in [0.29, 0.717) is 22.7 Å². The van der Waals surface area contributed by atoms with Crippen LogP contribution in [0, 0.1) is 0 Å². The van der Waals surface area contributed by atoms with Crippen molar-refractivity contribution in [3.63, 3.8) is 0 Å². The molecule has 0 bridgehead atoms. The summed E-state index contributed by atoms with van der Waals surface area (Å²) in [6.45, 7) is 1.51. The van der Waals surface area contributed by atoms with Crippen LogP contribution in [0.5, 0.6) is 0 Å². The summed E-state index contributed by atoms with van der Waals surface area (Å²) in [5.41, 5.74) is 4.25. The molecule has 0 aliphatic carbocycles. The van der Waals surface area contributed by atoms with Crippen LogP contribution in [0.2, 0.25) is 0 Å². The zero-order valence-electron chi connectivity index (χ0n) is 18.4. The summed E-state index contributed by atoms with van der Waals surface area (Å²) < 4.78 is 7.80. The van der Waals surface area contributed by atoms with E-state index in [9.17, 15) is 9.59 Å². The monoisotopic (exact) mass is 447 g/mol. The van der Waals surface area contributed by atoms with Crippen LogP contribution in [0.25, 0.3) is 34.2 Å². The fraction of sp³-hybridized carbons (Fsp3) is 0.0357. The Morgan fingerprint density at radius 2 is 1.68 bits per heavy atom. The van der Waals surface area contributed by atoms with Gasteiger partial charge in [0.25, 0.3) is 0 Å². The number of nitrogens with zero attached hydrogens (tertiary/aromatic N) is 2. The van der Waals surface area contributed by atoms with Gasteiger partial charge in [0.05, 0.1) is 5.69 Å². The molecule has 2 aromatic heterocycles. The van der Waals surface area contributed by atoms with Gasteiger partial charge in [-0.05, 0) is 61.5 Å². The predicted molar refractivity (Wildman–Crippen MR) is 133 cm³/mol. The van der Waals surface area contributed by atoms with E-state index in [1.807, 2.05) is 66.9 Å². The third-order valence-corrected chi connectivity index (χ3v) is 5.40. The Kier molecular flexibility index (Phi) is 5.62. The van der Waals surface area contributed by atoms with Gasteiger partial charge in [0.2, 0.25) is 5.91 Å². The Balaban J connectivity index is 1.45. The molecule has 0 fully saturated rings. The second kappa shape index (κ2) is 9.03. The minimum absolute atomic E-state index is 0.0219. The van der Waals surface area contributed by atoms with Crippen molar-refractivity contribution in [2.45, 2.75) is 6.92 Å². The zero-order chi connectivity index (χ0) is 23.5. The molecule has 0 saturated heterocycles. The topological polar surface area (TPSA) is 77.1 Å². The number of para-hydroxylation sites is 2. The van der Waals surface area contributed by atoms with Gasteiger partial charge in [-0.2, -0.15) is 5.10 Å². The number of aromatic nitrogens is 2. The third kappa shape index (κ3) is 4.42. The summed E-state index contributed by atoms with van der Waals surface area (Å²) in [4.78, 5) is 24.0. The van der Waals surface area contributed by atoms with Crippen LogP contribution in [0.4, 0.5) is 5.69 Å². The third-order valence-electron chi connectivity index (χ3n) is 5.40. The summed E-state index contributed by atoms with van der Waals surface area (Å²) in [6.07, 6.45) is 5.04. The molecule has 5 aromatic rings. The molecule has 5 rings (SSSR count). The number of Topliss-reactive ketones (excluding diaryl/α,β-unsaturated/α-hetero) is 1. The van der Waals surface area contributed by atoms with Gasteiger partial charge in [-0.15, -0.1) is 0 Å². The molecule has 0 unspecified atom stereocenters. The first-order chi connectivity index (χ1) is 16.6. The van der Waals surface area contributed by atoms with E-state index in [2.05, 4.69) is 5.32 Å². The summed E-state index contributed by atoms with van der Waals surface area (Å²) in [6, 6.07) is 26.2. The first-order valence-corrected chi connectivity index (χ1v) is 10.8. The van der Waals surface area contributed by atoms with Gasteiger partial charge in [0, 0.05) is 34.5 Å². The second-order valence-corrected chi connectivity index (χ2v) is 7.82. The Hall–Kier alpha value is -4.71. The number of carbonyl (C=O) groups is 2. The predicted octanol–water partition coefficient (Wildman–Crippen LogP) is 6.14. The maximum Gasteiger partial charge on any atom is 0.248 e. The first kappa shape index (κ1) is 21.2. The summed E-state index contributed by atoms with van der Waals surface area (Å²) in [7, 11) is 0. The number of rotatable bonds is 6. The molecule has 2 heterocycles. The van der Waals surface area contributed by atoms with Gasteiger partial charge in [0.1, 0.15) is 11.3 Å². The van der Waals surface area contributed by atoms with Crippen molar-refractivity contribution >= 4 is 34.4 Å². The Morgan fingerprint density at radius 1 is 0.941 bits per heavy atom. The van der Waals surface area contributed by atoms with Crippen molar-refractivity contribution in [2.24, 2.45) is 0 Å². The lowest BCUT2D eigenvalue weighted by Gasteiger charge is -2.02. The smallest absolute Gasteiger partial charge is 0.248 e. The summed E-state index contributed by atoms with van der Waals surface area (Å²) in [5, 5.41) is 8.53. The molecule has 0 atom stereocenters. The van der Waals surface area contributed by atoms with E-state index in [1.165, 1.54) is 13.0 Å². The van der Waals surface area contributed by atoms with Gasteiger partial charge < -0.3 is 9.73 Å². The number of anilines is 1. The molecule has 6 heteroatoms. The molecule has 1 N–H and O–H groups in total. The first-order valence-electron chi connectivity index (χ1n) is 10.8. The SMILES string of the molecule is CC(=O)c1ccc(NC(=O)C=Cc2cn(-c3ccccc3)nc2-c2cc3ccccc3o2)cc1. The normalized spacial score (nSPS) is 11.2. The van der Waals surface area contributed by atoms with E-state index >= 15 is 0 Å². The Labute approximate surface area is 196 Å². The van der Waals surface area contributed by atoms with Crippen molar-refractivity contribution in [2.75, 3.05) is 5.32 Å². The van der Waals surface area contributed by atoms with Crippen LogP contribution >= 0.6 is 0 Å². The maximum absolute atomic E-state index is 12.6. The van der Waals surface area contributed by atoms with Crippen molar-refractivity contribution in [3.8, 4) is 17.1 Å². The minimum Gasteiger partial charge on any atom is -0.454 e. The van der Waals surface area contributed by atoms with Gasteiger partial charge in [-0.3, -0.25) is 9.59 Å². The highest BCUT2D eigenvalue weighted by Crippen LogP contribution is 2.30. The average Bonchev–Trinajstić information content (AvgIpc) is 3.48. The van der Waals surface area contributed by atoms with E-state index < -0.39 is 0 Å². The molecular weight excluding hydrogens is 426 g/mol. The quantitative estimate of drug-likeness (QED) is 0.251. The molecule has 0 spiro atoms. The van der Waals surface area contributed by atoms with E-state index in [4.69, 9.17) is 9.52 Å². The number of fused-ring (bicyclic) bond motifs is 1. The van der Waals surface area contributed by atoms with Crippen molar-refractivity contribution < 1.29 is 14.0 Å². The highest BCUT2D eigenvalue weighted by molar-refractivity contribution is 6.03. The number of nitrogens with one attached hydrogen (secondary N) is 1. The van der Waals surface area contributed by atoms with Gasteiger partial charge in [-0.1, -0.05) is 36.4 Å². The lowest BCUT2D eigenvalue weighted by molar-refractivity contribution is -0.111. The molecule has 166 valence electrons. The minimum atomic E-state index is -0.293. The number of hydrogen-bond donors (Lipinski definition) is 1. The van der Waals surface area contributed by atoms with Crippen LogP contribution in [-0.4, -0.2) is 21.5 Å². The Morgan fingerprint density at radius 3 is 2.41 bits per heavy atom. The molecule has 1 amide bonds. The summed E-state index contributed by atoms with van der Waals surface area (Å²) in [5.74, 6) is 0.306. The number of amides is 1. The van der Waals surface area contributed by atoms with Crippen LogP contribution in [-0.2, 0) is 4.79 Å². The van der Waals surface area contributed by atoms with E-state index in [-0.39, 0.29) is 11.7 Å². The fourth-order valence-electron chi connectivity index (χ4n) is 3.65. The van der Waals surface area contributed by atoms with Gasteiger partial charge >= 0.3 is 0 Å². The molecule has 0 aliphatic rings. The van der Waals surface area contributed by atoms with Crippen LogP contribution in [0.3, 0.4) is 0 Å². The van der Waals surface area contributed by atoms with Crippen molar-refractivity contribution in [3.05, 3.63) is 108 Å². The van der Waals surface area contributed by atoms with Crippen LogP contribution in [0.1, 0.15) is 22.8 Å². The summed E-state index contributed by atoms with van der Waals surface area (Å²) >= 11 is 0. The lowest BCUT2D eigenvalue weighted by atomic mass is 10.1. The average molecular weight is 447 g/mol. The maximum atomic E-state index is 12.6. The molecule has 0 aliphatic heterocycles. The van der Waals surface area contributed by atoms with Crippen LogP contribution in [0.15, 0.2) is 102 Å². The largest absolute Gasteiger partial charge is 0.454 e. The van der Waals surface area contributed by atoms with Gasteiger partial charge in [0.15, 0.2) is 11.5 Å². The number of furan rings is 1. The van der Waals surface area contributed by atoms with E-state index in [0.717, 1.165) is 22.2 Å². The molecule has 3 aromatic carbocycles. The Bertz CT molecular complexity index is 1480. The lowest BCUT2D eigenvalue weighted by Crippen LogP contribution is -2.07.